The molecule has 3 atom stereocenters. The molecule has 1 saturated heterocycles. The lowest BCUT2D eigenvalue weighted by Crippen LogP contribution is -2.57. The van der Waals surface area contributed by atoms with Gasteiger partial charge in [-0.2, -0.15) is 0 Å². The highest BCUT2D eigenvalue weighted by molar-refractivity contribution is 5.89. The first-order valence-electron chi connectivity index (χ1n) is 11.0. The number of nitrogens with zero attached hydrogens (tertiary/aromatic N) is 2. The summed E-state index contributed by atoms with van der Waals surface area (Å²) in [7, 11) is 0. The van der Waals surface area contributed by atoms with E-state index in [1.165, 1.54) is 6.07 Å². The molecule has 2 fully saturated rings. The summed E-state index contributed by atoms with van der Waals surface area (Å²) in [5, 5.41) is 8.92. The van der Waals surface area contributed by atoms with Crippen molar-refractivity contribution >= 4 is 11.8 Å². The first kappa shape index (κ1) is 22.3. The number of rotatable bonds is 5. The third kappa shape index (κ3) is 4.65. The van der Waals surface area contributed by atoms with Crippen LogP contribution in [0.15, 0.2) is 36.7 Å². The van der Waals surface area contributed by atoms with Crippen LogP contribution < -0.4 is 16.0 Å². The standard InChI is InChI=1S/C24H30FN5O2/c1-23(2,3)19(14-6-7-15(16(25)12-14)24(4)8-9-24)30-22(32)17-13-18(31)29-21(28-17)20-26-10-5-11-27-20/h5-7,10-12,17,19,21,28H,8-9,13H2,1-4H3,(H,29,31)(H,30,32). The van der Waals surface area contributed by atoms with Gasteiger partial charge in [-0.15, -0.1) is 0 Å². The van der Waals surface area contributed by atoms with E-state index in [1.807, 2.05) is 32.9 Å². The molecule has 8 heteroatoms. The fraction of sp³-hybridized carbons (Fsp3) is 0.500. The minimum absolute atomic E-state index is 0.00230. The summed E-state index contributed by atoms with van der Waals surface area (Å²) in [6.45, 7) is 8.05. The van der Waals surface area contributed by atoms with Crippen LogP contribution in [0.25, 0.3) is 0 Å². The number of nitrogens with one attached hydrogen (secondary N) is 3. The van der Waals surface area contributed by atoms with Gasteiger partial charge in [-0.3, -0.25) is 14.9 Å². The van der Waals surface area contributed by atoms with Crippen LogP contribution in [0.5, 0.6) is 0 Å². The van der Waals surface area contributed by atoms with Crippen LogP contribution in [0.3, 0.4) is 0 Å². The fourth-order valence-corrected chi connectivity index (χ4v) is 4.17. The molecule has 2 heterocycles. The van der Waals surface area contributed by atoms with Crippen LogP contribution in [-0.4, -0.2) is 27.8 Å². The second-order valence-electron chi connectivity index (χ2n) is 10.1. The zero-order valence-corrected chi connectivity index (χ0v) is 18.9. The molecule has 2 aromatic rings. The van der Waals surface area contributed by atoms with Gasteiger partial charge >= 0.3 is 0 Å². The van der Waals surface area contributed by atoms with Gasteiger partial charge in [-0.1, -0.05) is 39.8 Å². The molecule has 2 amide bonds. The highest BCUT2D eigenvalue weighted by Gasteiger charge is 2.41. The predicted octanol–water partition coefficient (Wildman–Crippen LogP) is 3.05. The first-order chi connectivity index (χ1) is 15.1. The molecule has 1 aromatic heterocycles. The second-order valence-corrected chi connectivity index (χ2v) is 10.1. The largest absolute Gasteiger partial charge is 0.347 e. The molecule has 32 heavy (non-hydrogen) atoms. The summed E-state index contributed by atoms with van der Waals surface area (Å²) in [4.78, 5) is 33.8. The minimum atomic E-state index is -0.753. The third-order valence-corrected chi connectivity index (χ3v) is 6.35. The van der Waals surface area contributed by atoms with Gasteiger partial charge in [0.25, 0.3) is 0 Å². The molecule has 0 radical (unpaired) electrons. The van der Waals surface area contributed by atoms with Gasteiger partial charge in [0.15, 0.2) is 5.82 Å². The topological polar surface area (TPSA) is 96.0 Å². The van der Waals surface area contributed by atoms with E-state index in [0.717, 1.165) is 18.4 Å². The lowest BCUT2D eigenvalue weighted by atomic mass is 9.81. The van der Waals surface area contributed by atoms with Crippen LogP contribution >= 0.6 is 0 Å². The van der Waals surface area contributed by atoms with Gasteiger partial charge in [0, 0.05) is 12.4 Å². The summed E-state index contributed by atoms with van der Waals surface area (Å²) < 4.78 is 14.9. The molecule has 7 nitrogen and oxygen atoms in total. The summed E-state index contributed by atoms with van der Waals surface area (Å²) in [6.07, 6.45) is 4.48. The Morgan fingerprint density at radius 1 is 1.25 bits per heavy atom. The van der Waals surface area contributed by atoms with Gasteiger partial charge in [0.05, 0.1) is 18.5 Å². The molecule has 1 saturated carbocycles. The van der Waals surface area contributed by atoms with Crippen LogP contribution in [0.1, 0.15) is 76.1 Å². The average molecular weight is 440 g/mol. The number of aromatic nitrogens is 2. The van der Waals surface area contributed by atoms with Gasteiger partial charge in [-0.25, -0.2) is 14.4 Å². The van der Waals surface area contributed by atoms with Crippen LogP contribution in [0.4, 0.5) is 4.39 Å². The van der Waals surface area contributed by atoms with Crippen molar-refractivity contribution in [3.8, 4) is 0 Å². The molecule has 1 aliphatic heterocycles. The van der Waals surface area contributed by atoms with Crippen molar-refractivity contribution in [3.05, 3.63) is 59.4 Å². The quantitative estimate of drug-likeness (QED) is 0.666. The number of amides is 2. The number of halogens is 1. The molecular formula is C24H30FN5O2. The van der Waals surface area contributed by atoms with Crippen LogP contribution in [0, 0.1) is 11.2 Å². The highest BCUT2D eigenvalue weighted by atomic mass is 19.1. The zero-order chi connectivity index (χ0) is 23.1. The first-order valence-corrected chi connectivity index (χ1v) is 11.0. The molecule has 2 aliphatic rings. The van der Waals surface area contributed by atoms with E-state index >= 15 is 0 Å². The third-order valence-electron chi connectivity index (χ3n) is 6.35. The summed E-state index contributed by atoms with van der Waals surface area (Å²) in [5.74, 6) is -0.430. The van der Waals surface area contributed by atoms with E-state index in [9.17, 15) is 14.0 Å². The Morgan fingerprint density at radius 3 is 2.53 bits per heavy atom. The average Bonchev–Trinajstić information content (AvgIpc) is 3.49. The highest BCUT2D eigenvalue weighted by Crippen LogP contribution is 2.49. The Kier molecular flexibility index (Phi) is 5.75. The van der Waals surface area contributed by atoms with Gasteiger partial charge in [0.2, 0.25) is 11.8 Å². The van der Waals surface area contributed by atoms with Gasteiger partial charge < -0.3 is 10.6 Å². The molecule has 3 unspecified atom stereocenters. The van der Waals surface area contributed by atoms with E-state index in [-0.39, 0.29) is 34.9 Å². The smallest absolute Gasteiger partial charge is 0.238 e. The normalized spacial score (nSPS) is 23.2. The monoisotopic (exact) mass is 439 g/mol. The van der Waals surface area contributed by atoms with E-state index in [0.29, 0.717) is 11.4 Å². The van der Waals surface area contributed by atoms with E-state index in [4.69, 9.17) is 0 Å². The summed E-state index contributed by atoms with van der Waals surface area (Å²) in [5.41, 5.74) is 0.999. The molecule has 0 spiro atoms. The fourth-order valence-electron chi connectivity index (χ4n) is 4.17. The lowest BCUT2D eigenvalue weighted by molar-refractivity contribution is -0.132. The van der Waals surface area contributed by atoms with E-state index in [2.05, 4.69) is 32.8 Å². The maximum absolute atomic E-state index is 14.9. The van der Waals surface area contributed by atoms with Crippen molar-refractivity contribution in [1.82, 2.24) is 25.9 Å². The zero-order valence-electron chi connectivity index (χ0n) is 18.9. The lowest BCUT2D eigenvalue weighted by Gasteiger charge is -2.35. The Balaban J connectivity index is 1.53. The molecule has 170 valence electrons. The van der Waals surface area contributed by atoms with Crippen molar-refractivity contribution in [2.24, 2.45) is 5.41 Å². The van der Waals surface area contributed by atoms with Crippen molar-refractivity contribution in [2.75, 3.05) is 0 Å². The molecule has 1 aromatic carbocycles. The molecule has 1 aliphatic carbocycles. The molecule has 3 N–H and O–H groups in total. The Bertz CT molecular complexity index is 1020. The van der Waals surface area contributed by atoms with Crippen LogP contribution in [-0.2, 0) is 15.0 Å². The summed E-state index contributed by atoms with van der Waals surface area (Å²) >= 11 is 0. The Hall–Kier alpha value is -2.87. The van der Waals surface area contributed by atoms with Crippen molar-refractivity contribution < 1.29 is 14.0 Å². The van der Waals surface area contributed by atoms with Crippen molar-refractivity contribution in [1.29, 1.82) is 0 Å². The van der Waals surface area contributed by atoms with Gasteiger partial charge in [0.1, 0.15) is 12.0 Å². The van der Waals surface area contributed by atoms with Crippen molar-refractivity contribution in [2.45, 2.75) is 70.6 Å². The van der Waals surface area contributed by atoms with Crippen LogP contribution in [0.2, 0.25) is 0 Å². The van der Waals surface area contributed by atoms with E-state index < -0.39 is 18.2 Å². The number of hydrogen-bond donors (Lipinski definition) is 3. The molecule has 0 bridgehead atoms. The van der Waals surface area contributed by atoms with Crippen molar-refractivity contribution in [3.63, 3.8) is 0 Å². The minimum Gasteiger partial charge on any atom is -0.347 e. The maximum Gasteiger partial charge on any atom is 0.238 e. The van der Waals surface area contributed by atoms with E-state index in [1.54, 1.807) is 18.5 Å². The second kappa shape index (κ2) is 8.24. The number of carbonyl (C=O) groups is 2. The Morgan fingerprint density at radius 2 is 1.94 bits per heavy atom. The predicted molar refractivity (Wildman–Crippen MR) is 118 cm³/mol. The van der Waals surface area contributed by atoms with Gasteiger partial charge in [-0.05, 0) is 46.9 Å². The Labute approximate surface area is 187 Å². The number of hydrogen-bond acceptors (Lipinski definition) is 5. The number of carbonyl (C=O) groups excluding carboxylic acids is 2. The SMILES string of the molecule is CC1(c2ccc(C(NC(=O)C3CC(=O)NC(c4ncccn4)N3)C(C)(C)C)cc2F)CC1. The molecular weight excluding hydrogens is 409 g/mol. The maximum atomic E-state index is 14.9. The molecule has 4 rings (SSSR count). The number of benzene rings is 1. The summed E-state index contributed by atoms with van der Waals surface area (Å²) in [6, 6.07) is 5.79.